The molecule has 0 spiro atoms. The van der Waals surface area contributed by atoms with Crippen molar-refractivity contribution in [3.05, 3.63) is 30.0 Å². The lowest BCUT2D eigenvalue weighted by atomic mass is 10.3. The molecule has 2 heterocycles. The fourth-order valence-electron chi connectivity index (χ4n) is 1.48. The molecule has 2 aromatic heterocycles. The number of pyridine rings is 1. The van der Waals surface area contributed by atoms with Crippen LogP contribution in [0, 0.1) is 0 Å². The molecule has 2 rings (SSSR count). The Morgan fingerprint density at radius 3 is 2.86 bits per heavy atom. The highest BCUT2D eigenvalue weighted by atomic mass is 16.5. The standard InChI is InChI=1S/C13H15N3O5/c1-18-11-4-3-9(7-14-11)20-8-10-15-12(21-16-10)5-6-13(17)19-2/h3-4,7H,5-6,8H2,1-2H3. The molecular weight excluding hydrogens is 278 g/mol. The summed E-state index contributed by atoms with van der Waals surface area (Å²) in [6.07, 6.45) is 2.07. The molecule has 0 atom stereocenters. The number of aromatic nitrogens is 3. The molecule has 8 heteroatoms. The quantitative estimate of drug-likeness (QED) is 0.701. The van der Waals surface area contributed by atoms with Gasteiger partial charge in [-0.3, -0.25) is 4.79 Å². The topological polar surface area (TPSA) is 96.6 Å². The first kappa shape index (κ1) is 14.8. The molecule has 112 valence electrons. The number of carbonyl (C=O) groups excluding carboxylic acids is 1. The molecule has 0 saturated carbocycles. The molecule has 0 aliphatic heterocycles. The van der Waals surface area contributed by atoms with Gasteiger partial charge >= 0.3 is 5.97 Å². The van der Waals surface area contributed by atoms with E-state index in [4.69, 9.17) is 14.0 Å². The minimum atomic E-state index is -0.324. The molecule has 2 aromatic rings. The van der Waals surface area contributed by atoms with E-state index in [0.29, 0.717) is 29.8 Å². The van der Waals surface area contributed by atoms with Gasteiger partial charge in [0.1, 0.15) is 5.75 Å². The van der Waals surface area contributed by atoms with E-state index in [9.17, 15) is 4.79 Å². The summed E-state index contributed by atoms with van der Waals surface area (Å²) in [5.41, 5.74) is 0. The Balaban J connectivity index is 1.83. The summed E-state index contributed by atoms with van der Waals surface area (Å²) in [4.78, 5) is 19.1. The van der Waals surface area contributed by atoms with Gasteiger partial charge in [-0.1, -0.05) is 5.16 Å². The van der Waals surface area contributed by atoms with E-state index >= 15 is 0 Å². The van der Waals surface area contributed by atoms with Crippen LogP contribution in [0.3, 0.4) is 0 Å². The number of rotatable bonds is 7. The minimum Gasteiger partial charge on any atom is -0.484 e. The first-order valence-corrected chi connectivity index (χ1v) is 6.22. The number of methoxy groups -OCH3 is 2. The summed E-state index contributed by atoms with van der Waals surface area (Å²) < 4.78 is 19.9. The molecule has 0 N–H and O–H groups in total. The smallest absolute Gasteiger partial charge is 0.306 e. The Morgan fingerprint density at radius 1 is 1.33 bits per heavy atom. The van der Waals surface area contributed by atoms with E-state index in [-0.39, 0.29) is 19.0 Å². The van der Waals surface area contributed by atoms with Gasteiger partial charge in [0, 0.05) is 12.5 Å². The van der Waals surface area contributed by atoms with Crippen LogP contribution in [0.4, 0.5) is 0 Å². The van der Waals surface area contributed by atoms with Crippen molar-refractivity contribution in [2.75, 3.05) is 14.2 Å². The fraction of sp³-hybridized carbons (Fsp3) is 0.385. The number of ether oxygens (including phenoxy) is 3. The molecule has 0 amide bonds. The van der Waals surface area contributed by atoms with Crippen LogP contribution in [0.2, 0.25) is 0 Å². The third-order valence-corrected chi connectivity index (χ3v) is 2.57. The lowest BCUT2D eigenvalue weighted by molar-refractivity contribution is -0.140. The van der Waals surface area contributed by atoms with Crippen LogP contribution >= 0.6 is 0 Å². The minimum absolute atomic E-state index is 0.149. The van der Waals surface area contributed by atoms with Crippen molar-refractivity contribution in [1.29, 1.82) is 0 Å². The van der Waals surface area contributed by atoms with Crippen molar-refractivity contribution in [3.63, 3.8) is 0 Å². The summed E-state index contributed by atoms with van der Waals surface area (Å²) in [5, 5.41) is 3.76. The Kier molecular flexibility index (Phi) is 5.08. The fourth-order valence-corrected chi connectivity index (χ4v) is 1.48. The molecular formula is C13H15N3O5. The summed E-state index contributed by atoms with van der Waals surface area (Å²) in [6.45, 7) is 0.149. The van der Waals surface area contributed by atoms with Gasteiger partial charge in [-0.05, 0) is 6.07 Å². The van der Waals surface area contributed by atoms with Crippen molar-refractivity contribution < 1.29 is 23.5 Å². The average Bonchev–Trinajstić information content (AvgIpc) is 2.99. The Morgan fingerprint density at radius 2 is 2.19 bits per heavy atom. The second kappa shape index (κ2) is 7.22. The van der Waals surface area contributed by atoms with Gasteiger partial charge in [-0.2, -0.15) is 4.98 Å². The normalized spacial score (nSPS) is 10.2. The zero-order valence-corrected chi connectivity index (χ0v) is 11.7. The van der Waals surface area contributed by atoms with Crippen LogP contribution in [0.1, 0.15) is 18.1 Å². The van der Waals surface area contributed by atoms with Gasteiger partial charge < -0.3 is 18.7 Å². The van der Waals surface area contributed by atoms with E-state index in [2.05, 4.69) is 19.9 Å². The first-order chi connectivity index (χ1) is 10.2. The molecule has 21 heavy (non-hydrogen) atoms. The number of hydrogen-bond acceptors (Lipinski definition) is 8. The predicted octanol–water partition coefficient (Wildman–Crippen LogP) is 1.16. The molecule has 0 aromatic carbocycles. The van der Waals surface area contributed by atoms with Gasteiger partial charge in [-0.25, -0.2) is 4.98 Å². The highest BCUT2D eigenvalue weighted by molar-refractivity contribution is 5.69. The first-order valence-electron chi connectivity index (χ1n) is 6.22. The van der Waals surface area contributed by atoms with E-state index in [1.165, 1.54) is 20.4 Å². The largest absolute Gasteiger partial charge is 0.484 e. The van der Waals surface area contributed by atoms with Crippen LogP contribution in [0.5, 0.6) is 11.6 Å². The van der Waals surface area contributed by atoms with Crippen LogP contribution in [0.15, 0.2) is 22.9 Å². The highest BCUT2D eigenvalue weighted by Crippen LogP contribution is 2.14. The maximum Gasteiger partial charge on any atom is 0.306 e. The molecule has 0 unspecified atom stereocenters. The lowest BCUT2D eigenvalue weighted by Crippen LogP contribution is -2.02. The Labute approximate surface area is 121 Å². The van der Waals surface area contributed by atoms with Gasteiger partial charge in [0.25, 0.3) is 0 Å². The summed E-state index contributed by atoms with van der Waals surface area (Å²) in [6, 6.07) is 3.41. The molecule has 0 saturated heterocycles. The van der Waals surface area contributed by atoms with E-state index < -0.39 is 0 Å². The second-order valence-corrected chi connectivity index (χ2v) is 4.01. The number of esters is 1. The van der Waals surface area contributed by atoms with Crippen molar-refractivity contribution in [1.82, 2.24) is 15.1 Å². The molecule has 8 nitrogen and oxygen atoms in total. The summed E-state index contributed by atoms with van der Waals surface area (Å²) in [5.74, 6) is 1.51. The number of hydrogen-bond donors (Lipinski definition) is 0. The lowest BCUT2D eigenvalue weighted by Gasteiger charge is -2.03. The Bertz CT molecular complexity index is 582. The number of nitrogens with zero attached hydrogens (tertiary/aromatic N) is 3. The number of carbonyl (C=O) groups is 1. The third-order valence-electron chi connectivity index (χ3n) is 2.57. The Hall–Kier alpha value is -2.64. The van der Waals surface area contributed by atoms with E-state index in [1.807, 2.05) is 0 Å². The zero-order valence-electron chi connectivity index (χ0n) is 11.7. The van der Waals surface area contributed by atoms with Gasteiger partial charge in [0.15, 0.2) is 6.61 Å². The average molecular weight is 293 g/mol. The zero-order chi connectivity index (χ0) is 15.1. The van der Waals surface area contributed by atoms with Crippen LogP contribution in [0.25, 0.3) is 0 Å². The van der Waals surface area contributed by atoms with Crippen molar-refractivity contribution in [2.45, 2.75) is 19.4 Å². The van der Waals surface area contributed by atoms with Gasteiger partial charge in [0.2, 0.25) is 17.6 Å². The van der Waals surface area contributed by atoms with Gasteiger partial charge in [0.05, 0.1) is 26.8 Å². The maximum absolute atomic E-state index is 11.0. The molecule has 0 radical (unpaired) electrons. The third kappa shape index (κ3) is 4.44. The van der Waals surface area contributed by atoms with E-state index in [0.717, 1.165) is 0 Å². The van der Waals surface area contributed by atoms with Crippen molar-refractivity contribution >= 4 is 5.97 Å². The molecule has 0 bridgehead atoms. The molecule has 0 aliphatic carbocycles. The van der Waals surface area contributed by atoms with Crippen molar-refractivity contribution in [2.24, 2.45) is 0 Å². The monoisotopic (exact) mass is 293 g/mol. The molecule has 0 aliphatic rings. The predicted molar refractivity (Wildman–Crippen MR) is 69.8 cm³/mol. The molecule has 0 fully saturated rings. The van der Waals surface area contributed by atoms with E-state index in [1.54, 1.807) is 12.1 Å². The van der Waals surface area contributed by atoms with Crippen LogP contribution < -0.4 is 9.47 Å². The number of aryl methyl sites for hydroxylation is 1. The SMILES string of the molecule is COC(=O)CCc1nc(COc2ccc(OC)nc2)no1. The summed E-state index contributed by atoms with van der Waals surface area (Å²) in [7, 11) is 2.87. The van der Waals surface area contributed by atoms with Crippen LogP contribution in [-0.4, -0.2) is 35.3 Å². The maximum atomic E-state index is 11.0. The second-order valence-electron chi connectivity index (χ2n) is 4.01. The van der Waals surface area contributed by atoms with Crippen molar-refractivity contribution in [3.8, 4) is 11.6 Å². The van der Waals surface area contributed by atoms with Crippen LogP contribution in [-0.2, 0) is 22.6 Å². The summed E-state index contributed by atoms with van der Waals surface area (Å²) >= 11 is 0. The highest BCUT2D eigenvalue weighted by Gasteiger charge is 2.09. The van der Waals surface area contributed by atoms with Gasteiger partial charge in [-0.15, -0.1) is 0 Å².